The molecule has 1 aromatic carbocycles. The van der Waals surface area contributed by atoms with E-state index in [4.69, 9.17) is 0 Å². The van der Waals surface area contributed by atoms with Crippen LogP contribution in [0.15, 0.2) is 23.2 Å². The van der Waals surface area contributed by atoms with E-state index in [1.807, 2.05) is 22.6 Å². The third-order valence-corrected chi connectivity index (χ3v) is 2.19. The molecule has 0 fully saturated rings. The molecular weight excluding hydrogens is 287 g/mol. The lowest BCUT2D eigenvalue weighted by Crippen LogP contribution is -1.89. The van der Waals surface area contributed by atoms with Crippen molar-refractivity contribution in [2.45, 2.75) is 0 Å². The molecule has 0 aliphatic rings. The zero-order valence-electron chi connectivity index (χ0n) is 6.23. The van der Waals surface area contributed by atoms with Crippen LogP contribution in [0.2, 0.25) is 0 Å². The lowest BCUT2D eigenvalue weighted by molar-refractivity contribution is -0.384. The van der Waals surface area contributed by atoms with Crippen molar-refractivity contribution in [1.29, 1.82) is 0 Å². The van der Waals surface area contributed by atoms with Gasteiger partial charge in [0.2, 0.25) is 6.08 Å². The molecule has 6 heteroatoms. The van der Waals surface area contributed by atoms with Crippen LogP contribution in [0.4, 0.5) is 11.4 Å². The maximum Gasteiger partial charge on any atom is 0.296 e. The average molecular weight is 290 g/mol. The lowest BCUT2D eigenvalue weighted by Gasteiger charge is -1.96. The van der Waals surface area contributed by atoms with Crippen LogP contribution in [0.3, 0.4) is 0 Å². The SMILES string of the molecule is O=C=Nc1c(I)cccc1[N+](=O)[O-]. The first-order valence-corrected chi connectivity index (χ1v) is 4.25. The van der Waals surface area contributed by atoms with Gasteiger partial charge in [0.1, 0.15) is 0 Å². The molecule has 0 aliphatic carbocycles. The molecule has 0 spiro atoms. The molecule has 1 rings (SSSR count). The predicted octanol–water partition coefficient (Wildman–Crippen LogP) is 2.17. The fraction of sp³-hybridized carbons (Fsp3) is 0. The van der Waals surface area contributed by atoms with Gasteiger partial charge in [0.25, 0.3) is 5.69 Å². The van der Waals surface area contributed by atoms with Gasteiger partial charge in [0.15, 0.2) is 5.69 Å². The molecule has 0 atom stereocenters. The van der Waals surface area contributed by atoms with Gasteiger partial charge in [0, 0.05) is 9.64 Å². The highest BCUT2D eigenvalue weighted by atomic mass is 127. The number of para-hydroxylation sites is 1. The van der Waals surface area contributed by atoms with Crippen molar-refractivity contribution in [2.24, 2.45) is 4.99 Å². The van der Waals surface area contributed by atoms with Crippen LogP contribution in [0.25, 0.3) is 0 Å². The molecule has 0 unspecified atom stereocenters. The van der Waals surface area contributed by atoms with Crippen LogP contribution in [-0.2, 0) is 4.79 Å². The molecule has 0 bridgehead atoms. The molecule has 0 aliphatic heterocycles. The first-order chi connectivity index (χ1) is 6.16. The summed E-state index contributed by atoms with van der Waals surface area (Å²) in [5, 5.41) is 10.5. The largest absolute Gasteiger partial charge is 0.296 e. The van der Waals surface area contributed by atoms with Crippen LogP contribution in [0.1, 0.15) is 0 Å². The minimum atomic E-state index is -0.585. The Balaban J connectivity index is 3.42. The topological polar surface area (TPSA) is 72.6 Å². The number of hydrogen-bond acceptors (Lipinski definition) is 4. The van der Waals surface area contributed by atoms with Crippen LogP contribution in [0.5, 0.6) is 0 Å². The van der Waals surface area contributed by atoms with E-state index in [1.165, 1.54) is 18.2 Å². The fourth-order valence-corrected chi connectivity index (χ4v) is 1.41. The van der Waals surface area contributed by atoms with E-state index in [0.29, 0.717) is 3.57 Å². The Morgan fingerprint density at radius 1 is 1.54 bits per heavy atom. The second kappa shape index (κ2) is 4.11. The van der Waals surface area contributed by atoms with Gasteiger partial charge in [-0.15, -0.1) is 0 Å². The molecule has 1 aromatic rings. The first kappa shape index (κ1) is 9.82. The number of halogens is 1. The number of nitro groups is 1. The van der Waals surface area contributed by atoms with Crippen LogP contribution in [-0.4, -0.2) is 11.0 Å². The average Bonchev–Trinajstić information content (AvgIpc) is 2.08. The standard InChI is InChI=1S/C7H3IN2O3/c8-5-2-1-3-6(10(12)13)7(5)9-4-11/h1-3H. The van der Waals surface area contributed by atoms with Gasteiger partial charge in [-0.2, -0.15) is 4.99 Å². The fourth-order valence-electron chi connectivity index (χ4n) is 0.808. The summed E-state index contributed by atoms with van der Waals surface area (Å²) in [5.74, 6) is 0. The quantitative estimate of drug-likeness (QED) is 0.275. The third-order valence-electron chi connectivity index (χ3n) is 1.32. The number of nitro benzene ring substituents is 1. The Morgan fingerprint density at radius 3 is 2.77 bits per heavy atom. The molecule has 0 amide bonds. The zero-order chi connectivity index (χ0) is 9.84. The summed E-state index contributed by atoms with van der Waals surface area (Å²) >= 11 is 1.87. The van der Waals surface area contributed by atoms with Gasteiger partial charge in [-0.3, -0.25) is 10.1 Å². The van der Waals surface area contributed by atoms with E-state index in [0.717, 1.165) is 0 Å². The summed E-state index contributed by atoms with van der Waals surface area (Å²) in [7, 11) is 0. The monoisotopic (exact) mass is 290 g/mol. The van der Waals surface area contributed by atoms with Crippen molar-refractivity contribution in [2.75, 3.05) is 0 Å². The Bertz CT molecular complexity index is 399. The number of hydrogen-bond donors (Lipinski definition) is 0. The lowest BCUT2D eigenvalue weighted by atomic mass is 10.3. The first-order valence-electron chi connectivity index (χ1n) is 3.17. The Labute approximate surface area is 86.8 Å². The van der Waals surface area contributed by atoms with Gasteiger partial charge in [-0.1, -0.05) is 6.07 Å². The molecule has 0 aromatic heterocycles. The van der Waals surface area contributed by atoms with Crippen LogP contribution >= 0.6 is 22.6 Å². The van der Waals surface area contributed by atoms with Gasteiger partial charge in [0.05, 0.1) is 4.92 Å². The number of rotatable bonds is 2. The highest BCUT2D eigenvalue weighted by Crippen LogP contribution is 2.31. The van der Waals surface area contributed by atoms with Crippen LogP contribution < -0.4 is 0 Å². The number of carbonyl (C=O) groups excluding carboxylic acids is 1. The summed E-state index contributed by atoms with van der Waals surface area (Å²) in [4.78, 5) is 23.1. The molecule has 0 N–H and O–H groups in total. The van der Waals surface area contributed by atoms with Crippen LogP contribution in [0, 0.1) is 13.7 Å². The van der Waals surface area contributed by atoms with Crippen molar-refractivity contribution in [1.82, 2.24) is 0 Å². The number of aliphatic imine (C=N–C) groups is 1. The second-order valence-electron chi connectivity index (χ2n) is 2.07. The summed E-state index contributed by atoms with van der Waals surface area (Å²) < 4.78 is 0.551. The minimum Gasteiger partial charge on any atom is -0.258 e. The molecule has 13 heavy (non-hydrogen) atoms. The van der Waals surface area contributed by atoms with E-state index in [9.17, 15) is 14.9 Å². The Hall–Kier alpha value is -1.27. The molecule has 0 saturated heterocycles. The molecular formula is C7H3IN2O3. The van der Waals surface area contributed by atoms with Crippen molar-refractivity contribution in [3.63, 3.8) is 0 Å². The smallest absolute Gasteiger partial charge is 0.258 e. The van der Waals surface area contributed by atoms with Gasteiger partial charge < -0.3 is 0 Å². The van der Waals surface area contributed by atoms with Crippen molar-refractivity contribution in [3.05, 3.63) is 31.9 Å². The highest BCUT2D eigenvalue weighted by molar-refractivity contribution is 14.1. The summed E-state index contributed by atoms with van der Waals surface area (Å²) in [5.41, 5.74) is -0.127. The van der Waals surface area contributed by atoms with Crippen molar-refractivity contribution in [3.8, 4) is 0 Å². The minimum absolute atomic E-state index is 0.0584. The van der Waals surface area contributed by atoms with Crippen molar-refractivity contribution >= 4 is 40.0 Å². The van der Waals surface area contributed by atoms with E-state index < -0.39 is 4.92 Å². The number of benzene rings is 1. The van der Waals surface area contributed by atoms with E-state index in [-0.39, 0.29) is 11.4 Å². The normalized spacial score (nSPS) is 9.00. The summed E-state index contributed by atoms with van der Waals surface area (Å²) in [6.07, 6.45) is 1.29. The van der Waals surface area contributed by atoms with Gasteiger partial charge >= 0.3 is 0 Å². The third kappa shape index (κ3) is 2.10. The Kier molecular flexibility index (Phi) is 3.10. The van der Waals surface area contributed by atoms with Gasteiger partial charge in [-0.05, 0) is 28.7 Å². The summed E-state index contributed by atoms with van der Waals surface area (Å²) in [6.45, 7) is 0. The molecule has 0 radical (unpaired) electrons. The number of isocyanates is 1. The van der Waals surface area contributed by atoms with E-state index >= 15 is 0 Å². The summed E-state index contributed by atoms with van der Waals surface area (Å²) in [6, 6.07) is 4.45. The second-order valence-corrected chi connectivity index (χ2v) is 3.23. The van der Waals surface area contributed by atoms with E-state index in [1.54, 1.807) is 6.07 Å². The molecule has 5 nitrogen and oxygen atoms in total. The maximum atomic E-state index is 10.5. The molecule has 0 saturated carbocycles. The predicted molar refractivity (Wildman–Crippen MR) is 53.6 cm³/mol. The van der Waals surface area contributed by atoms with Crippen molar-refractivity contribution < 1.29 is 9.72 Å². The van der Waals surface area contributed by atoms with Gasteiger partial charge in [-0.25, -0.2) is 4.79 Å². The molecule has 66 valence electrons. The number of nitrogens with zero attached hydrogens (tertiary/aromatic N) is 2. The van der Waals surface area contributed by atoms with E-state index in [2.05, 4.69) is 4.99 Å². The zero-order valence-corrected chi connectivity index (χ0v) is 8.39. The highest BCUT2D eigenvalue weighted by Gasteiger charge is 2.15. The maximum absolute atomic E-state index is 10.5. The molecule has 0 heterocycles. The Morgan fingerprint density at radius 2 is 2.23 bits per heavy atom.